The maximum atomic E-state index is 12.5. The third-order valence-electron chi connectivity index (χ3n) is 4.21. The summed E-state index contributed by atoms with van der Waals surface area (Å²) in [7, 11) is 3.07. The van der Waals surface area contributed by atoms with Crippen LogP contribution in [-0.2, 0) is 0 Å². The smallest absolute Gasteiger partial charge is 0.253 e. The van der Waals surface area contributed by atoms with Gasteiger partial charge in [0.05, 0.1) is 19.8 Å². The van der Waals surface area contributed by atoms with E-state index in [1.54, 1.807) is 12.1 Å². The molecule has 0 bridgehead atoms. The van der Waals surface area contributed by atoms with Gasteiger partial charge in [0.25, 0.3) is 5.91 Å². The van der Waals surface area contributed by atoms with Crippen molar-refractivity contribution < 1.29 is 14.3 Å². The van der Waals surface area contributed by atoms with Crippen molar-refractivity contribution in [2.24, 2.45) is 0 Å². The van der Waals surface area contributed by atoms with Crippen molar-refractivity contribution in [3.8, 4) is 11.5 Å². The highest BCUT2D eigenvalue weighted by molar-refractivity contribution is 6.00. The number of hydrogen-bond donors (Lipinski definition) is 2. The van der Waals surface area contributed by atoms with Crippen molar-refractivity contribution >= 4 is 11.6 Å². The van der Waals surface area contributed by atoms with E-state index in [4.69, 9.17) is 15.2 Å². The summed E-state index contributed by atoms with van der Waals surface area (Å²) in [5.74, 6) is 0.824. The first-order valence-corrected chi connectivity index (χ1v) is 7.30. The van der Waals surface area contributed by atoms with E-state index in [9.17, 15) is 4.79 Å². The molecule has 21 heavy (non-hydrogen) atoms. The zero-order chi connectivity index (χ0) is 16.0. The lowest BCUT2D eigenvalue weighted by molar-refractivity contribution is 0.0888. The normalized spacial score (nSPS) is 11.1. The van der Waals surface area contributed by atoms with E-state index < -0.39 is 0 Å². The number of ether oxygens (including phenoxy) is 2. The van der Waals surface area contributed by atoms with Crippen LogP contribution in [0.4, 0.5) is 5.69 Å². The van der Waals surface area contributed by atoms with Crippen LogP contribution in [-0.4, -0.2) is 25.7 Å². The van der Waals surface area contributed by atoms with Crippen molar-refractivity contribution in [3.05, 3.63) is 17.7 Å². The van der Waals surface area contributed by atoms with Gasteiger partial charge in [0.15, 0.2) is 11.5 Å². The number of nitrogens with two attached hydrogens (primary N) is 1. The van der Waals surface area contributed by atoms with Crippen LogP contribution < -0.4 is 20.5 Å². The predicted molar refractivity (Wildman–Crippen MR) is 85.0 cm³/mol. The number of nitrogen functional groups attached to an aromatic ring is 1. The number of anilines is 1. The molecule has 0 heterocycles. The number of nitrogens with one attached hydrogen (secondary N) is 1. The molecular formula is C16H26N2O3. The molecule has 0 spiro atoms. The Balaban J connectivity index is 3.13. The highest BCUT2D eigenvalue weighted by Crippen LogP contribution is 2.32. The molecule has 0 unspecified atom stereocenters. The van der Waals surface area contributed by atoms with Gasteiger partial charge in [-0.1, -0.05) is 20.8 Å². The number of carbonyl (C=O) groups is 1. The molecule has 1 aromatic carbocycles. The summed E-state index contributed by atoms with van der Waals surface area (Å²) >= 11 is 0. The van der Waals surface area contributed by atoms with Gasteiger partial charge in [-0.2, -0.15) is 0 Å². The molecule has 1 aromatic rings. The summed E-state index contributed by atoms with van der Waals surface area (Å²) in [6.07, 6.45) is 2.62. The fourth-order valence-electron chi connectivity index (χ4n) is 2.41. The van der Waals surface area contributed by atoms with E-state index in [1.807, 2.05) is 0 Å². The minimum atomic E-state index is -0.198. The summed E-state index contributed by atoms with van der Waals surface area (Å²) in [5, 5.41) is 3.11. The molecular weight excluding hydrogens is 268 g/mol. The first-order chi connectivity index (χ1) is 9.96. The molecule has 5 nitrogen and oxygen atoms in total. The number of amides is 1. The van der Waals surface area contributed by atoms with Crippen molar-refractivity contribution in [3.63, 3.8) is 0 Å². The van der Waals surface area contributed by atoms with Crippen LogP contribution in [0, 0.1) is 0 Å². The minimum Gasteiger partial charge on any atom is -0.493 e. The monoisotopic (exact) mass is 294 g/mol. The minimum absolute atomic E-state index is 0.181. The van der Waals surface area contributed by atoms with Crippen LogP contribution in [0.3, 0.4) is 0 Å². The Morgan fingerprint density at radius 2 is 1.57 bits per heavy atom. The standard InChI is InChI=1S/C16H26N2O3/c1-6-16(7-2,8-3)18-15(19)11-9-13(20-4)14(21-5)10-12(11)17/h9-10H,6-8,17H2,1-5H3,(H,18,19). The van der Waals surface area contributed by atoms with Gasteiger partial charge in [0, 0.05) is 17.3 Å². The number of rotatable bonds is 7. The third kappa shape index (κ3) is 3.60. The van der Waals surface area contributed by atoms with Gasteiger partial charge in [-0.15, -0.1) is 0 Å². The molecule has 0 saturated heterocycles. The zero-order valence-electron chi connectivity index (χ0n) is 13.6. The molecule has 1 rings (SSSR count). The highest BCUT2D eigenvalue weighted by Gasteiger charge is 2.27. The van der Waals surface area contributed by atoms with Crippen LogP contribution in [0.2, 0.25) is 0 Å². The van der Waals surface area contributed by atoms with E-state index in [0.717, 1.165) is 19.3 Å². The van der Waals surface area contributed by atoms with E-state index in [2.05, 4.69) is 26.1 Å². The second-order valence-electron chi connectivity index (χ2n) is 5.09. The average molecular weight is 294 g/mol. The molecule has 0 aromatic heterocycles. The van der Waals surface area contributed by atoms with Crippen molar-refractivity contribution in [2.75, 3.05) is 20.0 Å². The molecule has 0 radical (unpaired) electrons. The summed E-state index contributed by atoms with van der Waals surface area (Å²) in [4.78, 5) is 12.5. The molecule has 0 atom stereocenters. The van der Waals surface area contributed by atoms with Gasteiger partial charge in [-0.05, 0) is 25.3 Å². The summed E-state index contributed by atoms with van der Waals surface area (Å²) in [6, 6.07) is 3.23. The van der Waals surface area contributed by atoms with Crippen LogP contribution in [0.5, 0.6) is 11.5 Å². The van der Waals surface area contributed by atoms with Crippen molar-refractivity contribution in [1.29, 1.82) is 0 Å². The van der Waals surface area contributed by atoms with Gasteiger partial charge in [-0.25, -0.2) is 0 Å². The Hall–Kier alpha value is -1.91. The van der Waals surface area contributed by atoms with Crippen LogP contribution in [0.1, 0.15) is 50.4 Å². The quantitative estimate of drug-likeness (QED) is 0.758. The van der Waals surface area contributed by atoms with Crippen LogP contribution >= 0.6 is 0 Å². The predicted octanol–water partition coefficient (Wildman–Crippen LogP) is 2.98. The summed E-state index contributed by atoms with van der Waals surface area (Å²) in [5.41, 5.74) is 6.56. The number of hydrogen-bond acceptors (Lipinski definition) is 4. The molecule has 0 fully saturated rings. The molecule has 0 aliphatic carbocycles. The lowest BCUT2D eigenvalue weighted by Crippen LogP contribution is -2.47. The second-order valence-corrected chi connectivity index (χ2v) is 5.09. The lowest BCUT2D eigenvalue weighted by Gasteiger charge is -2.32. The molecule has 5 heteroatoms. The van der Waals surface area contributed by atoms with Gasteiger partial charge in [0.2, 0.25) is 0 Å². The summed E-state index contributed by atoms with van der Waals surface area (Å²) in [6.45, 7) is 6.22. The molecule has 118 valence electrons. The Kier molecular flexibility index (Phi) is 5.88. The molecule has 0 aliphatic rings. The van der Waals surface area contributed by atoms with Crippen molar-refractivity contribution in [2.45, 2.75) is 45.6 Å². The van der Waals surface area contributed by atoms with E-state index in [-0.39, 0.29) is 11.4 Å². The molecule has 1 amide bonds. The van der Waals surface area contributed by atoms with Gasteiger partial charge in [0.1, 0.15) is 0 Å². The maximum Gasteiger partial charge on any atom is 0.253 e. The molecule has 0 aliphatic heterocycles. The lowest BCUT2D eigenvalue weighted by atomic mass is 9.89. The Labute approximate surface area is 126 Å². The van der Waals surface area contributed by atoms with E-state index in [1.165, 1.54) is 14.2 Å². The Bertz CT molecular complexity index is 488. The number of benzene rings is 1. The largest absolute Gasteiger partial charge is 0.493 e. The average Bonchev–Trinajstić information content (AvgIpc) is 2.52. The highest BCUT2D eigenvalue weighted by atomic mass is 16.5. The van der Waals surface area contributed by atoms with Gasteiger partial charge in [-0.3, -0.25) is 4.79 Å². The van der Waals surface area contributed by atoms with Crippen LogP contribution in [0.15, 0.2) is 12.1 Å². The van der Waals surface area contributed by atoms with Gasteiger partial charge < -0.3 is 20.5 Å². The summed E-state index contributed by atoms with van der Waals surface area (Å²) < 4.78 is 10.4. The second kappa shape index (κ2) is 7.20. The Morgan fingerprint density at radius 1 is 1.10 bits per heavy atom. The first-order valence-electron chi connectivity index (χ1n) is 7.30. The fourth-order valence-corrected chi connectivity index (χ4v) is 2.41. The fraction of sp³-hybridized carbons (Fsp3) is 0.562. The first kappa shape index (κ1) is 17.1. The molecule has 0 saturated carbocycles. The number of methoxy groups -OCH3 is 2. The van der Waals surface area contributed by atoms with Crippen molar-refractivity contribution in [1.82, 2.24) is 5.32 Å². The van der Waals surface area contributed by atoms with E-state index in [0.29, 0.717) is 22.7 Å². The molecule has 3 N–H and O–H groups in total. The SMILES string of the molecule is CCC(CC)(CC)NC(=O)c1cc(OC)c(OC)cc1N. The third-order valence-corrected chi connectivity index (χ3v) is 4.21. The van der Waals surface area contributed by atoms with E-state index >= 15 is 0 Å². The topological polar surface area (TPSA) is 73.6 Å². The maximum absolute atomic E-state index is 12.5. The Morgan fingerprint density at radius 3 is 2.00 bits per heavy atom. The number of carbonyl (C=O) groups excluding carboxylic acids is 1. The zero-order valence-corrected chi connectivity index (χ0v) is 13.6. The van der Waals surface area contributed by atoms with Crippen LogP contribution in [0.25, 0.3) is 0 Å². The van der Waals surface area contributed by atoms with Gasteiger partial charge >= 0.3 is 0 Å².